The lowest BCUT2D eigenvalue weighted by molar-refractivity contribution is -0.137. The fourth-order valence-electron chi connectivity index (χ4n) is 5.02. The molecular weight excluding hydrogens is 462 g/mol. The average Bonchev–Trinajstić information content (AvgIpc) is 2.94. The summed E-state index contributed by atoms with van der Waals surface area (Å²) in [5, 5.41) is 1.05. The zero-order valence-corrected chi connectivity index (χ0v) is 21.5. The Morgan fingerprint density at radius 3 is 2.41 bits per heavy atom. The number of pyridine rings is 1. The molecule has 1 aromatic heterocycles. The van der Waals surface area contributed by atoms with Crippen LogP contribution in [0, 0.1) is 6.92 Å². The largest absolute Gasteiger partial charge is 0.481 e. The Balaban J connectivity index is 1.63. The zero-order valence-electron chi connectivity index (χ0n) is 21.5. The van der Waals surface area contributed by atoms with Gasteiger partial charge in [-0.2, -0.15) is 0 Å². The molecule has 1 saturated heterocycles. The van der Waals surface area contributed by atoms with Crippen molar-refractivity contribution >= 4 is 16.8 Å². The van der Waals surface area contributed by atoms with E-state index in [0.29, 0.717) is 38.7 Å². The summed E-state index contributed by atoms with van der Waals surface area (Å²) in [5.74, 6) is 0.672. The Kier molecular flexibility index (Phi) is 7.78. The van der Waals surface area contributed by atoms with Crippen molar-refractivity contribution < 1.29 is 14.3 Å². The molecule has 6 heteroatoms. The molecule has 5 rings (SSSR count). The van der Waals surface area contributed by atoms with E-state index in [2.05, 4.69) is 54.3 Å². The Labute approximate surface area is 218 Å². The van der Waals surface area contributed by atoms with Crippen molar-refractivity contribution in [1.29, 1.82) is 0 Å². The van der Waals surface area contributed by atoms with Gasteiger partial charge in [0.25, 0.3) is 0 Å². The summed E-state index contributed by atoms with van der Waals surface area (Å²) in [4.78, 5) is 22.6. The van der Waals surface area contributed by atoms with Crippen LogP contribution in [-0.2, 0) is 16.1 Å². The quantitative estimate of drug-likeness (QED) is 0.344. The summed E-state index contributed by atoms with van der Waals surface area (Å²) >= 11 is 0. The van der Waals surface area contributed by atoms with Crippen LogP contribution in [-0.4, -0.2) is 60.6 Å². The second kappa shape index (κ2) is 11.5. The maximum absolute atomic E-state index is 13.6. The number of hydrogen-bond donors (Lipinski definition) is 0. The molecule has 2 heterocycles. The van der Waals surface area contributed by atoms with E-state index in [9.17, 15) is 4.79 Å². The molecule has 1 aliphatic heterocycles. The zero-order chi connectivity index (χ0) is 25.6. The van der Waals surface area contributed by atoms with Crippen LogP contribution in [0.2, 0.25) is 0 Å². The highest BCUT2D eigenvalue weighted by molar-refractivity contribution is 5.81. The summed E-state index contributed by atoms with van der Waals surface area (Å²) in [6.45, 7) is 5.35. The van der Waals surface area contributed by atoms with Crippen LogP contribution >= 0.6 is 0 Å². The van der Waals surface area contributed by atoms with E-state index in [1.165, 1.54) is 5.56 Å². The first-order valence-corrected chi connectivity index (χ1v) is 12.8. The highest BCUT2D eigenvalue weighted by atomic mass is 16.5. The highest BCUT2D eigenvalue weighted by Gasteiger charge is 2.30. The maximum Gasteiger partial charge on any atom is 0.236 e. The fourth-order valence-corrected chi connectivity index (χ4v) is 5.02. The van der Waals surface area contributed by atoms with Gasteiger partial charge in [0.15, 0.2) is 0 Å². The smallest absolute Gasteiger partial charge is 0.236 e. The van der Waals surface area contributed by atoms with Crippen LogP contribution < -0.4 is 4.74 Å². The molecule has 190 valence electrons. The molecule has 0 radical (unpaired) electrons. The average molecular weight is 496 g/mol. The maximum atomic E-state index is 13.6. The van der Waals surface area contributed by atoms with Gasteiger partial charge in [-0.25, -0.2) is 4.98 Å². The molecule has 0 saturated carbocycles. The van der Waals surface area contributed by atoms with E-state index in [0.717, 1.165) is 27.6 Å². The number of ether oxygens (including phenoxy) is 2. The number of methoxy groups -OCH3 is 1. The predicted molar refractivity (Wildman–Crippen MR) is 146 cm³/mol. The SMILES string of the molecule is COc1nc2ccc(C)cc2cc1C(c1ccccc1)N(CC(=O)N1CCOCC1)Cc1ccccc1. The molecule has 37 heavy (non-hydrogen) atoms. The number of fused-ring (bicyclic) bond motifs is 1. The highest BCUT2D eigenvalue weighted by Crippen LogP contribution is 2.37. The van der Waals surface area contributed by atoms with Crippen molar-refractivity contribution in [1.82, 2.24) is 14.8 Å². The first-order chi connectivity index (χ1) is 18.1. The number of benzene rings is 3. The molecule has 3 aromatic carbocycles. The molecule has 1 unspecified atom stereocenters. The molecule has 1 amide bonds. The minimum Gasteiger partial charge on any atom is -0.481 e. The molecule has 4 aromatic rings. The number of aromatic nitrogens is 1. The van der Waals surface area contributed by atoms with Gasteiger partial charge >= 0.3 is 0 Å². The van der Waals surface area contributed by atoms with Crippen molar-refractivity contribution in [3.63, 3.8) is 0 Å². The Bertz CT molecular complexity index is 1340. The lowest BCUT2D eigenvalue weighted by Gasteiger charge is -2.35. The van der Waals surface area contributed by atoms with Gasteiger partial charge in [0.05, 0.1) is 38.4 Å². The van der Waals surface area contributed by atoms with Gasteiger partial charge in [-0.15, -0.1) is 0 Å². The number of morpholine rings is 1. The second-order valence-electron chi connectivity index (χ2n) is 9.48. The van der Waals surface area contributed by atoms with Crippen molar-refractivity contribution in [2.45, 2.75) is 19.5 Å². The van der Waals surface area contributed by atoms with Gasteiger partial charge in [-0.1, -0.05) is 72.3 Å². The lowest BCUT2D eigenvalue weighted by atomic mass is 9.95. The second-order valence-corrected chi connectivity index (χ2v) is 9.48. The molecule has 6 nitrogen and oxygen atoms in total. The van der Waals surface area contributed by atoms with Crippen LogP contribution in [0.25, 0.3) is 10.9 Å². The number of nitrogens with zero attached hydrogens (tertiary/aromatic N) is 3. The minimum absolute atomic E-state index is 0.101. The number of rotatable bonds is 8. The molecule has 0 N–H and O–H groups in total. The summed E-state index contributed by atoms with van der Waals surface area (Å²) in [7, 11) is 1.66. The van der Waals surface area contributed by atoms with Crippen LogP contribution in [0.4, 0.5) is 0 Å². The van der Waals surface area contributed by atoms with Gasteiger partial charge in [0.2, 0.25) is 11.8 Å². The molecule has 0 spiro atoms. The standard InChI is InChI=1S/C31H33N3O3/c1-23-13-14-28-26(19-23)20-27(31(32-28)36-2)30(25-11-7-4-8-12-25)34(21-24-9-5-3-6-10-24)22-29(35)33-15-17-37-18-16-33/h3-14,19-20,30H,15-18,21-22H2,1-2H3. The van der Waals surface area contributed by atoms with Crippen molar-refractivity contribution in [2.24, 2.45) is 0 Å². The Morgan fingerprint density at radius 1 is 1.00 bits per heavy atom. The third-order valence-corrected chi connectivity index (χ3v) is 6.86. The Morgan fingerprint density at radius 2 is 1.70 bits per heavy atom. The predicted octanol–water partition coefficient (Wildman–Crippen LogP) is 5.00. The number of carbonyl (C=O) groups excluding carboxylic acids is 1. The van der Waals surface area contributed by atoms with E-state index < -0.39 is 0 Å². The summed E-state index contributed by atoms with van der Waals surface area (Å²) in [6.07, 6.45) is 0. The summed E-state index contributed by atoms with van der Waals surface area (Å²) in [6, 6.07) is 28.8. The van der Waals surface area contributed by atoms with Gasteiger partial charge in [-0.05, 0) is 36.2 Å². The molecule has 0 bridgehead atoms. The van der Waals surface area contributed by atoms with E-state index in [-0.39, 0.29) is 18.5 Å². The Hall–Kier alpha value is -3.74. The topological polar surface area (TPSA) is 54.9 Å². The first kappa shape index (κ1) is 24.9. The molecular formula is C31H33N3O3. The summed E-state index contributed by atoms with van der Waals surface area (Å²) in [5.41, 5.74) is 5.22. The number of aryl methyl sites for hydroxylation is 1. The van der Waals surface area contributed by atoms with E-state index in [1.807, 2.05) is 47.4 Å². The molecule has 1 aliphatic rings. The third kappa shape index (κ3) is 5.82. The van der Waals surface area contributed by atoms with Gasteiger partial charge < -0.3 is 14.4 Å². The van der Waals surface area contributed by atoms with Gasteiger partial charge in [0.1, 0.15) is 0 Å². The molecule has 1 fully saturated rings. The summed E-state index contributed by atoms with van der Waals surface area (Å²) < 4.78 is 11.3. The fraction of sp³-hybridized carbons (Fsp3) is 0.290. The lowest BCUT2D eigenvalue weighted by Crippen LogP contribution is -2.46. The van der Waals surface area contributed by atoms with Crippen LogP contribution in [0.1, 0.15) is 28.3 Å². The van der Waals surface area contributed by atoms with Crippen molar-refractivity contribution in [3.8, 4) is 5.88 Å². The van der Waals surface area contributed by atoms with Crippen molar-refractivity contribution in [3.05, 3.63) is 107 Å². The van der Waals surface area contributed by atoms with Crippen LogP contribution in [0.15, 0.2) is 84.9 Å². The van der Waals surface area contributed by atoms with E-state index >= 15 is 0 Å². The van der Waals surface area contributed by atoms with E-state index in [4.69, 9.17) is 14.5 Å². The molecule has 0 aliphatic carbocycles. The van der Waals surface area contributed by atoms with E-state index in [1.54, 1.807) is 7.11 Å². The van der Waals surface area contributed by atoms with Crippen molar-refractivity contribution in [2.75, 3.05) is 40.0 Å². The van der Waals surface area contributed by atoms with Crippen LogP contribution in [0.3, 0.4) is 0 Å². The minimum atomic E-state index is -0.237. The van der Waals surface area contributed by atoms with Gasteiger partial charge in [0, 0.05) is 30.6 Å². The van der Waals surface area contributed by atoms with Crippen LogP contribution in [0.5, 0.6) is 5.88 Å². The van der Waals surface area contributed by atoms with Gasteiger partial charge in [-0.3, -0.25) is 9.69 Å². The normalized spacial score (nSPS) is 14.6. The third-order valence-electron chi connectivity index (χ3n) is 6.86. The number of carbonyl (C=O) groups is 1. The molecule has 1 atom stereocenters. The first-order valence-electron chi connectivity index (χ1n) is 12.8. The number of hydrogen-bond acceptors (Lipinski definition) is 5. The monoisotopic (exact) mass is 495 g/mol. The number of amides is 1.